The molecule has 0 aliphatic carbocycles. The Kier molecular flexibility index (Phi) is 3.21. The van der Waals surface area contributed by atoms with Crippen LogP contribution in [0.15, 0.2) is 30.3 Å². The highest BCUT2D eigenvalue weighted by molar-refractivity contribution is 7.71. The fraction of sp³-hybridized carbons (Fsp3) is 0.167. The number of alkyl halides is 3. The summed E-state index contributed by atoms with van der Waals surface area (Å²) in [6, 6.07) is 8.55. The Balaban J connectivity index is 2.63. The molecule has 6 heteroatoms. The number of hydrogen-bond acceptors (Lipinski definition) is 2. The van der Waals surface area contributed by atoms with Crippen LogP contribution in [0.5, 0.6) is 0 Å². The van der Waals surface area contributed by atoms with Gasteiger partial charge in [-0.1, -0.05) is 36.5 Å². The topological polar surface area (TPSA) is 28.7 Å². The third-order valence-corrected chi connectivity index (χ3v) is 2.66. The molecule has 1 aromatic heterocycles. The summed E-state index contributed by atoms with van der Waals surface area (Å²) in [5, 5.41) is 0. The molecule has 2 rings (SSSR count). The summed E-state index contributed by atoms with van der Waals surface area (Å²) in [5.74, 6) is -1.08. The largest absolute Gasteiger partial charge is 0.449 e. The van der Waals surface area contributed by atoms with E-state index in [9.17, 15) is 13.2 Å². The summed E-state index contributed by atoms with van der Waals surface area (Å²) in [7, 11) is 0. The van der Waals surface area contributed by atoms with E-state index in [1.165, 1.54) is 6.07 Å². The molecule has 0 aliphatic rings. The normalized spacial score (nSPS) is 11.6. The van der Waals surface area contributed by atoms with Gasteiger partial charge in [-0.05, 0) is 18.6 Å². The maximum Gasteiger partial charge on any atom is 0.449 e. The van der Waals surface area contributed by atoms with Gasteiger partial charge in [0.15, 0.2) is 0 Å². The van der Waals surface area contributed by atoms with Crippen LogP contribution in [-0.2, 0) is 6.18 Å². The fourth-order valence-corrected chi connectivity index (χ4v) is 1.82. The molecule has 1 N–H and O–H groups in total. The van der Waals surface area contributed by atoms with Crippen LogP contribution in [0.2, 0.25) is 0 Å². The Morgan fingerprint density at radius 2 is 1.89 bits per heavy atom. The molecule has 1 aromatic carbocycles. The summed E-state index contributed by atoms with van der Waals surface area (Å²) in [6.07, 6.45) is -4.54. The van der Waals surface area contributed by atoms with E-state index in [4.69, 9.17) is 12.2 Å². The van der Waals surface area contributed by atoms with Crippen LogP contribution in [0.4, 0.5) is 13.2 Å². The first-order chi connectivity index (χ1) is 8.38. The van der Waals surface area contributed by atoms with Crippen molar-refractivity contribution in [3.8, 4) is 11.3 Å². The zero-order valence-electron chi connectivity index (χ0n) is 9.38. The monoisotopic (exact) mass is 270 g/mol. The van der Waals surface area contributed by atoms with Crippen LogP contribution in [0.3, 0.4) is 0 Å². The molecule has 0 aliphatic heterocycles. The van der Waals surface area contributed by atoms with Crippen molar-refractivity contribution in [2.45, 2.75) is 13.1 Å². The molecule has 18 heavy (non-hydrogen) atoms. The van der Waals surface area contributed by atoms with Crippen molar-refractivity contribution in [2.75, 3.05) is 0 Å². The number of nitrogens with one attached hydrogen (secondary N) is 1. The zero-order valence-corrected chi connectivity index (χ0v) is 10.2. The van der Waals surface area contributed by atoms with Gasteiger partial charge in [-0.3, -0.25) is 0 Å². The van der Waals surface area contributed by atoms with Crippen molar-refractivity contribution in [2.24, 2.45) is 0 Å². The standard InChI is InChI=1S/C12H9F3N2S/c1-7-4-2-3-5-8(7)9-6-10(18)17-11(16-9)12(13,14)15/h2-6H,1H3,(H,16,17,18). The number of aryl methyl sites for hydroxylation is 1. The highest BCUT2D eigenvalue weighted by Crippen LogP contribution is 2.28. The van der Waals surface area contributed by atoms with E-state index in [-0.39, 0.29) is 4.64 Å². The number of hydrogen-bond donors (Lipinski definition) is 1. The van der Waals surface area contributed by atoms with Gasteiger partial charge in [-0.2, -0.15) is 13.2 Å². The Morgan fingerprint density at radius 3 is 2.50 bits per heavy atom. The van der Waals surface area contributed by atoms with E-state index in [0.29, 0.717) is 11.3 Å². The lowest BCUT2D eigenvalue weighted by atomic mass is 10.1. The number of aromatic nitrogens is 2. The second-order valence-corrected chi connectivity index (χ2v) is 4.21. The maximum absolute atomic E-state index is 12.6. The minimum absolute atomic E-state index is 0.0840. The Hall–Kier alpha value is -1.69. The SMILES string of the molecule is Cc1ccccc1-c1cc(=S)nc(C(F)(F)F)[nH]1. The summed E-state index contributed by atoms with van der Waals surface area (Å²) in [4.78, 5) is 5.57. The average Bonchev–Trinajstić information content (AvgIpc) is 2.27. The number of aromatic amines is 1. The molecule has 0 unspecified atom stereocenters. The number of rotatable bonds is 1. The average molecular weight is 270 g/mol. The van der Waals surface area contributed by atoms with Gasteiger partial charge in [-0.25, -0.2) is 4.98 Å². The highest BCUT2D eigenvalue weighted by atomic mass is 32.1. The van der Waals surface area contributed by atoms with Gasteiger partial charge < -0.3 is 4.98 Å². The molecule has 94 valence electrons. The minimum Gasteiger partial charge on any atom is -0.335 e. The first kappa shape index (κ1) is 12.8. The minimum atomic E-state index is -4.54. The van der Waals surface area contributed by atoms with Crippen LogP contribution in [-0.4, -0.2) is 9.97 Å². The van der Waals surface area contributed by atoms with Crippen molar-refractivity contribution in [3.63, 3.8) is 0 Å². The van der Waals surface area contributed by atoms with E-state index < -0.39 is 12.0 Å². The molecule has 0 bridgehead atoms. The third kappa shape index (κ3) is 2.59. The molecule has 0 spiro atoms. The maximum atomic E-state index is 12.6. The van der Waals surface area contributed by atoms with Crippen molar-refractivity contribution in [3.05, 3.63) is 46.4 Å². The van der Waals surface area contributed by atoms with Gasteiger partial charge >= 0.3 is 6.18 Å². The summed E-state index contributed by atoms with van der Waals surface area (Å²) < 4.78 is 37.8. The molecular weight excluding hydrogens is 261 g/mol. The van der Waals surface area contributed by atoms with Crippen molar-refractivity contribution in [1.29, 1.82) is 0 Å². The number of H-pyrrole nitrogens is 1. The Morgan fingerprint density at radius 1 is 1.22 bits per heavy atom. The molecular formula is C12H9F3N2S. The van der Waals surface area contributed by atoms with Gasteiger partial charge in [0.25, 0.3) is 0 Å². The lowest BCUT2D eigenvalue weighted by Crippen LogP contribution is -2.11. The van der Waals surface area contributed by atoms with Crippen molar-refractivity contribution < 1.29 is 13.2 Å². The Labute approximate surface area is 107 Å². The zero-order chi connectivity index (χ0) is 13.3. The van der Waals surface area contributed by atoms with Crippen LogP contribution in [0.1, 0.15) is 11.4 Å². The smallest absolute Gasteiger partial charge is 0.335 e. The van der Waals surface area contributed by atoms with E-state index in [1.54, 1.807) is 12.1 Å². The van der Waals surface area contributed by atoms with Gasteiger partial charge in [0.05, 0.1) is 5.69 Å². The van der Waals surface area contributed by atoms with E-state index in [2.05, 4.69) is 9.97 Å². The summed E-state index contributed by atoms with van der Waals surface area (Å²) in [5.41, 5.74) is 1.86. The van der Waals surface area contributed by atoms with Gasteiger partial charge in [0.2, 0.25) is 5.82 Å². The molecule has 0 saturated carbocycles. The molecule has 2 aromatic rings. The van der Waals surface area contributed by atoms with Crippen molar-refractivity contribution in [1.82, 2.24) is 9.97 Å². The first-order valence-electron chi connectivity index (χ1n) is 5.12. The lowest BCUT2D eigenvalue weighted by Gasteiger charge is -2.10. The van der Waals surface area contributed by atoms with Crippen LogP contribution in [0, 0.1) is 11.6 Å². The van der Waals surface area contributed by atoms with Crippen LogP contribution < -0.4 is 0 Å². The molecule has 1 heterocycles. The van der Waals surface area contributed by atoms with Crippen LogP contribution >= 0.6 is 12.2 Å². The molecule has 0 atom stereocenters. The second-order valence-electron chi connectivity index (χ2n) is 3.79. The van der Waals surface area contributed by atoms with Gasteiger partial charge in [0, 0.05) is 5.56 Å². The number of benzene rings is 1. The van der Waals surface area contributed by atoms with Gasteiger partial charge in [-0.15, -0.1) is 0 Å². The predicted molar refractivity (Wildman–Crippen MR) is 64.6 cm³/mol. The molecule has 0 saturated heterocycles. The van der Waals surface area contributed by atoms with Crippen molar-refractivity contribution >= 4 is 12.2 Å². The van der Waals surface area contributed by atoms with Crippen LogP contribution in [0.25, 0.3) is 11.3 Å². The molecule has 0 fully saturated rings. The fourth-order valence-electron chi connectivity index (χ4n) is 1.61. The second kappa shape index (κ2) is 4.53. The van der Waals surface area contributed by atoms with E-state index in [1.807, 2.05) is 19.1 Å². The summed E-state index contributed by atoms with van der Waals surface area (Å²) >= 11 is 4.77. The number of halogens is 3. The quantitative estimate of drug-likeness (QED) is 0.789. The molecule has 0 amide bonds. The Bertz CT molecular complexity index is 632. The highest BCUT2D eigenvalue weighted by Gasteiger charge is 2.34. The summed E-state index contributed by atoms with van der Waals surface area (Å²) in [6.45, 7) is 1.82. The predicted octanol–water partition coefficient (Wildman–Crippen LogP) is 4.13. The lowest BCUT2D eigenvalue weighted by molar-refractivity contribution is -0.144. The van der Waals surface area contributed by atoms with E-state index in [0.717, 1.165) is 5.56 Å². The number of nitrogens with zero attached hydrogens (tertiary/aromatic N) is 1. The van der Waals surface area contributed by atoms with Gasteiger partial charge in [0.1, 0.15) is 4.64 Å². The molecule has 0 radical (unpaired) electrons. The van der Waals surface area contributed by atoms with E-state index >= 15 is 0 Å². The molecule has 2 nitrogen and oxygen atoms in total. The first-order valence-corrected chi connectivity index (χ1v) is 5.53. The third-order valence-electron chi connectivity index (χ3n) is 2.45.